The van der Waals surface area contributed by atoms with E-state index in [0.717, 1.165) is 64.2 Å². The lowest BCUT2D eigenvalue weighted by Gasteiger charge is -2.15. The van der Waals surface area contributed by atoms with Crippen LogP contribution in [0.1, 0.15) is 309 Å². The Balaban J connectivity index is 3.41. The van der Waals surface area contributed by atoms with E-state index in [0.29, 0.717) is 12.8 Å². The van der Waals surface area contributed by atoms with Gasteiger partial charge >= 0.3 is 11.9 Å². The normalized spacial score (nSPS) is 12.8. The molecule has 0 aromatic heterocycles. The average molecular weight is 1000 g/mol. The van der Waals surface area contributed by atoms with Crippen LogP contribution in [0.3, 0.4) is 0 Å². The summed E-state index contributed by atoms with van der Waals surface area (Å²) in [7, 11) is 0. The van der Waals surface area contributed by atoms with Crippen LogP contribution in [0.25, 0.3) is 0 Å². The van der Waals surface area contributed by atoms with Crippen LogP contribution >= 0.6 is 0 Å². The summed E-state index contributed by atoms with van der Waals surface area (Å²) in [6, 6.07) is 0. The number of rotatable bonds is 57. The van der Waals surface area contributed by atoms with Gasteiger partial charge in [-0.1, -0.05) is 298 Å². The number of unbranched alkanes of at least 4 members (excludes halogenated alkanes) is 35. The van der Waals surface area contributed by atoms with Crippen molar-refractivity contribution >= 4 is 11.9 Å². The van der Waals surface area contributed by atoms with Crippen LogP contribution in [-0.4, -0.2) is 36.4 Å². The minimum absolute atomic E-state index is 0.0892. The summed E-state index contributed by atoms with van der Waals surface area (Å²) in [5.41, 5.74) is 0. The smallest absolute Gasteiger partial charge is 0.306 e. The number of carbonyl (C=O) groups excluding carboxylic acids is 2. The van der Waals surface area contributed by atoms with Crippen molar-refractivity contribution in [3.05, 3.63) is 85.1 Å². The van der Waals surface area contributed by atoms with Gasteiger partial charge in [-0.15, -0.1) is 0 Å². The average Bonchev–Trinajstić information content (AvgIpc) is 3.38. The van der Waals surface area contributed by atoms with Gasteiger partial charge in [0, 0.05) is 12.8 Å². The topological polar surface area (TPSA) is 72.8 Å². The van der Waals surface area contributed by atoms with Crippen LogP contribution in [0, 0.1) is 0 Å². The molecule has 416 valence electrons. The predicted octanol–water partition coefficient (Wildman–Crippen LogP) is 21.3. The molecule has 0 aliphatic rings. The molecule has 1 unspecified atom stereocenters. The highest BCUT2D eigenvalue weighted by Crippen LogP contribution is 2.17. The third-order valence-corrected chi connectivity index (χ3v) is 13.7. The Hall–Kier alpha value is -2.92. The van der Waals surface area contributed by atoms with Gasteiger partial charge < -0.3 is 14.6 Å². The van der Waals surface area contributed by atoms with Gasteiger partial charge in [-0.3, -0.25) is 9.59 Å². The summed E-state index contributed by atoms with van der Waals surface area (Å²) < 4.78 is 10.7. The number of allylic oxidation sites excluding steroid dienone is 14. The SMILES string of the molecule is CC/C=C\C/C=C\C/C=C\C/C=C\C/C=C\CCCC(=O)OC(CO)COC(=O)CCCCCCCCCCCCCCCCCCCCCCCCCCCCCCC/C=C\C/C=C\CCCCCCC. The van der Waals surface area contributed by atoms with Gasteiger partial charge in [-0.2, -0.15) is 0 Å². The number of carbonyl (C=O) groups is 2. The van der Waals surface area contributed by atoms with Crippen LogP contribution in [0.4, 0.5) is 0 Å². The van der Waals surface area contributed by atoms with Crippen molar-refractivity contribution in [1.82, 2.24) is 0 Å². The van der Waals surface area contributed by atoms with Gasteiger partial charge in [0.25, 0.3) is 0 Å². The zero-order valence-corrected chi connectivity index (χ0v) is 47.7. The molecule has 5 heteroatoms. The van der Waals surface area contributed by atoms with Gasteiger partial charge in [0.1, 0.15) is 6.61 Å². The van der Waals surface area contributed by atoms with Crippen molar-refractivity contribution in [2.45, 2.75) is 315 Å². The Morgan fingerprint density at radius 1 is 0.333 bits per heavy atom. The molecule has 0 aliphatic heterocycles. The Bertz CT molecular complexity index is 1320. The molecular weight excluding hydrogens is 885 g/mol. The molecule has 0 radical (unpaired) electrons. The largest absolute Gasteiger partial charge is 0.462 e. The molecule has 0 bridgehead atoms. The monoisotopic (exact) mass is 1000 g/mol. The van der Waals surface area contributed by atoms with Crippen molar-refractivity contribution in [3.63, 3.8) is 0 Å². The van der Waals surface area contributed by atoms with Crippen LogP contribution in [0.2, 0.25) is 0 Å². The zero-order valence-electron chi connectivity index (χ0n) is 47.7. The molecule has 0 spiro atoms. The van der Waals surface area contributed by atoms with E-state index in [1.165, 1.54) is 212 Å². The molecule has 0 saturated heterocycles. The highest BCUT2D eigenvalue weighted by molar-refractivity contribution is 5.70. The summed E-state index contributed by atoms with van der Waals surface area (Å²) in [4.78, 5) is 24.5. The second-order valence-electron chi connectivity index (χ2n) is 20.8. The second-order valence-corrected chi connectivity index (χ2v) is 20.8. The van der Waals surface area contributed by atoms with E-state index in [-0.39, 0.29) is 31.6 Å². The van der Waals surface area contributed by atoms with Gasteiger partial charge in [-0.25, -0.2) is 0 Å². The molecule has 1 N–H and O–H groups in total. The van der Waals surface area contributed by atoms with E-state index in [4.69, 9.17) is 9.47 Å². The summed E-state index contributed by atoms with van der Waals surface area (Å²) in [6.45, 7) is 3.99. The number of esters is 2. The van der Waals surface area contributed by atoms with E-state index >= 15 is 0 Å². The van der Waals surface area contributed by atoms with Crippen molar-refractivity contribution < 1.29 is 24.2 Å². The van der Waals surface area contributed by atoms with Crippen molar-refractivity contribution in [2.24, 2.45) is 0 Å². The van der Waals surface area contributed by atoms with Crippen molar-refractivity contribution in [2.75, 3.05) is 13.2 Å². The van der Waals surface area contributed by atoms with Gasteiger partial charge in [0.2, 0.25) is 0 Å². The fourth-order valence-corrected chi connectivity index (χ4v) is 9.04. The summed E-state index contributed by atoms with van der Waals surface area (Å²) in [5.74, 6) is -0.652. The predicted molar refractivity (Wildman–Crippen MR) is 316 cm³/mol. The molecule has 0 saturated carbocycles. The first-order valence-corrected chi connectivity index (χ1v) is 31.1. The van der Waals surface area contributed by atoms with Crippen LogP contribution in [-0.2, 0) is 19.1 Å². The van der Waals surface area contributed by atoms with E-state index in [1.807, 2.05) is 0 Å². The summed E-state index contributed by atoms with van der Waals surface area (Å²) in [6.07, 6.45) is 87.6. The van der Waals surface area contributed by atoms with Gasteiger partial charge in [-0.05, 0) is 83.5 Å². The number of hydrogen-bond acceptors (Lipinski definition) is 5. The number of aliphatic hydroxyl groups is 1. The standard InChI is InChI=1S/C67H118O5/c1-3-5-7-9-11-13-15-17-19-21-22-23-24-25-26-27-28-29-30-31-32-33-34-35-36-37-38-39-40-41-42-43-44-46-47-49-51-53-55-57-59-61-66(69)71-64-65(63-68)72-67(70)62-60-58-56-54-52-50-48-45-20-18-16-14-12-10-8-6-4-2/h6,8,12,14-15,17-18,20-22,48,50,54,56,65,68H,3-5,7,9-11,13,16,19,23-47,49,51-53,55,57-64H2,1-2H3/b8-6-,14-12-,17-15-,20-18-,22-21-,50-48-,56-54-. The minimum Gasteiger partial charge on any atom is -0.462 e. The lowest BCUT2D eigenvalue weighted by atomic mass is 10.0. The van der Waals surface area contributed by atoms with Crippen LogP contribution in [0.5, 0.6) is 0 Å². The van der Waals surface area contributed by atoms with Crippen LogP contribution < -0.4 is 0 Å². The molecule has 0 rings (SSSR count). The third kappa shape index (κ3) is 59.6. The molecule has 0 heterocycles. The lowest BCUT2D eigenvalue weighted by Crippen LogP contribution is -2.28. The maximum absolute atomic E-state index is 12.2. The lowest BCUT2D eigenvalue weighted by molar-refractivity contribution is -0.161. The van der Waals surface area contributed by atoms with Gasteiger partial charge in [0.15, 0.2) is 6.10 Å². The van der Waals surface area contributed by atoms with Crippen LogP contribution in [0.15, 0.2) is 85.1 Å². The van der Waals surface area contributed by atoms with Crippen molar-refractivity contribution in [3.8, 4) is 0 Å². The Morgan fingerprint density at radius 2 is 0.611 bits per heavy atom. The molecule has 0 aromatic carbocycles. The highest BCUT2D eigenvalue weighted by Gasteiger charge is 2.16. The summed E-state index contributed by atoms with van der Waals surface area (Å²) in [5, 5.41) is 9.63. The van der Waals surface area contributed by atoms with Crippen molar-refractivity contribution in [1.29, 1.82) is 0 Å². The minimum atomic E-state index is -0.805. The molecule has 0 amide bonds. The molecule has 0 aromatic rings. The summed E-state index contributed by atoms with van der Waals surface area (Å²) >= 11 is 0. The number of aliphatic hydroxyl groups excluding tert-OH is 1. The van der Waals surface area contributed by atoms with E-state index in [2.05, 4.69) is 98.9 Å². The molecule has 5 nitrogen and oxygen atoms in total. The first-order valence-electron chi connectivity index (χ1n) is 31.1. The zero-order chi connectivity index (χ0) is 52.0. The number of hydrogen-bond donors (Lipinski definition) is 1. The maximum Gasteiger partial charge on any atom is 0.306 e. The second kappa shape index (κ2) is 62.4. The Morgan fingerprint density at radius 3 is 0.944 bits per heavy atom. The molecule has 0 fully saturated rings. The Labute approximate surface area is 447 Å². The first-order chi connectivity index (χ1) is 35.6. The van der Waals surface area contributed by atoms with Gasteiger partial charge in [0.05, 0.1) is 6.61 Å². The molecule has 0 aliphatic carbocycles. The molecule has 72 heavy (non-hydrogen) atoms. The Kier molecular flexibility index (Phi) is 59.8. The fourth-order valence-electron chi connectivity index (χ4n) is 9.04. The van der Waals surface area contributed by atoms with E-state index in [9.17, 15) is 14.7 Å². The van der Waals surface area contributed by atoms with E-state index in [1.54, 1.807) is 0 Å². The van der Waals surface area contributed by atoms with E-state index < -0.39 is 6.10 Å². The quantitative estimate of drug-likeness (QED) is 0.0373. The first kappa shape index (κ1) is 69.1. The fraction of sp³-hybridized carbons (Fsp3) is 0.761. The molecular formula is C67H118O5. The maximum atomic E-state index is 12.2. The third-order valence-electron chi connectivity index (χ3n) is 13.7. The highest BCUT2D eigenvalue weighted by atomic mass is 16.6. The molecule has 1 atom stereocenters. The number of ether oxygens (including phenoxy) is 2.